The van der Waals surface area contributed by atoms with Gasteiger partial charge in [0, 0.05) is 24.0 Å². The topological polar surface area (TPSA) is 93.7 Å². The van der Waals surface area contributed by atoms with E-state index in [1.807, 2.05) is 18.2 Å². The van der Waals surface area contributed by atoms with Crippen molar-refractivity contribution in [1.82, 2.24) is 0 Å². The monoisotopic (exact) mass is 486 g/mol. The van der Waals surface area contributed by atoms with Crippen molar-refractivity contribution in [2.24, 2.45) is 0 Å². The van der Waals surface area contributed by atoms with Crippen LogP contribution < -0.4 is 14.8 Å². The molecule has 0 fully saturated rings. The van der Waals surface area contributed by atoms with Crippen molar-refractivity contribution in [3.05, 3.63) is 82.4 Å². The maximum absolute atomic E-state index is 12.9. The lowest BCUT2D eigenvalue weighted by atomic mass is 10.1. The highest BCUT2D eigenvalue weighted by molar-refractivity contribution is 7.92. The summed E-state index contributed by atoms with van der Waals surface area (Å²) in [6.45, 7) is 0. The highest BCUT2D eigenvalue weighted by atomic mass is 35.5. The van der Waals surface area contributed by atoms with Gasteiger partial charge in [-0.3, -0.25) is 9.52 Å². The molecule has 0 bridgehead atoms. The second-order valence-corrected chi connectivity index (χ2v) is 9.74. The van der Waals surface area contributed by atoms with Crippen molar-refractivity contribution in [3.8, 4) is 5.75 Å². The van der Waals surface area contributed by atoms with Crippen molar-refractivity contribution in [2.75, 3.05) is 24.3 Å². The Morgan fingerprint density at radius 2 is 1.64 bits per heavy atom. The molecular formula is C24H23ClN2O5S. The van der Waals surface area contributed by atoms with Gasteiger partial charge in [0.05, 0.1) is 18.2 Å². The Balaban J connectivity index is 1.53. The predicted octanol–water partition coefficient (Wildman–Crippen LogP) is 4.52. The van der Waals surface area contributed by atoms with E-state index in [0.29, 0.717) is 17.1 Å². The predicted molar refractivity (Wildman–Crippen MR) is 128 cm³/mol. The number of methoxy groups -OCH3 is 2. The zero-order valence-corrected chi connectivity index (χ0v) is 19.7. The van der Waals surface area contributed by atoms with E-state index in [2.05, 4.69) is 10.0 Å². The third-order valence-corrected chi connectivity index (χ3v) is 7.38. The lowest BCUT2D eigenvalue weighted by Crippen LogP contribution is -2.16. The van der Waals surface area contributed by atoms with Crippen LogP contribution in [0.4, 0.5) is 11.4 Å². The van der Waals surface area contributed by atoms with E-state index in [0.717, 1.165) is 18.4 Å². The number of fused-ring (bicyclic) bond motifs is 1. The fourth-order valence-corrected chi connectivity index (χ4v) is 5.33. The lowest BCUT2D eigenvalue weighted by Gasteiger charge is -2.12. The molecule has 1 aliphatic rings. The fraction of sp³-hybridized carbons (Fsp3) is 0.208. The molecule has 3 aromatic rings. The molecule has 0 aromatic heterocycles. The van der Waals surface area contributed by atoms with Crippen LogP contribution in [0.25, 0.3) is 0 Å². The average Bonchev–Trinajstić information content (AvgIpc) is 3.22. The van der Waals surface area contributed by atoms with Gasteiger partial charge in [0.1, 0.15) is 10.6 Å². The SMILES string of the molecule is COc1ccc(NS(=O)(=O)c2cc(C(=O)Nc3ccc4c(c3)CC(OC)C4)ccc2Cl)cc1. The van der Waals surface area contributed by atoms with Crippen LogP contribution in [0.5, 0.6) is 5.75 Å². The number of carbonyl (C=O) groups is 1. The van der Waals surface area contributed by atoms with E-state index in [1.54, 1.807) is 31.4 Å². The Bertz CT molecular complexity index is 1290. The minimum atomic E-state index is -4.03. The first-order valence-corrected chi connectivity index (χ1v) is 12.1. The molecule has 0 aliphatic heterocycles. The molecule has 3 aromatic carbocycles. The third kappa shape index (κ3) is 5.13. The maximum Gasteiger partial charge on any atom is 0.263 e. The number of anilines is 2. The number of rotatable bonds is 7. The van der Waals surface area contributed by atoms with Crippen LogP contribution in [0.15, 0.2) is 65.6 Å². The summed E-state index contributed by atoms with van der Waals surface area (Å²) in [6.07, 6.45) is 1.78. The van der Waals surface area contributed by atoms with Crippen LogP contribution in [0, 0.1) is 0 Å². The molecule has 9 heteroatoms. The number of hydrogen-bond acceptors (Lipinski definition) is 5. The van der Waals surface area contributed by atoms with Crippen LogP contribution in [0.3, 0.4) is 0 Å². The van der Waals surface area contributed by atoms with Gasteiger partial charge in [-0.1, -0.05) is 17.7 Å². The standard InChI is InChI=1S/C24H23ClN2O5S/c1-31-20-8-6-18(7-9-20)27-33(29,30)23-14-16(4-10-22(23)25)24(28)26-19-5-3-15-12-21(32-2)13-17(15)11-19/h3-11,14,21,27H,12-13H2,1-2H3,(H,26,28). The second kappa shape index (κ2) is 9.43. The summed E-state index contributed by atoms with van der Waals surface area (Å²) in [5, 5.41) is 2.84. The van der Waals surface area contributed by atoms with Crippen molar-refractivity contribution < 1.29 is 22.7 Å². The summed E-state index contributed by atoms with van der Waals surface area (Å²) in [7, 11) is -0.814. The molecule has 2 N–H and O–H groups in total. The smallest absolute Gasteiger partial charge is 0.263 e. The molecule has 0 spiro atoms. The zero-order valence-electron chi connectivity index (χ0n) is 18.1. The highest BCUT2D eigenvalue weighted by Crippen LogP contribution is 2.28. The molecule has 0 saturated carbocycles. The molecule has 1 aliphatic carbocycles. The third-order valence-electron chi connectivity index (χ3n) is 5.52. The van der Waals surface area contributed by atoms with Gasteiger partial charge in [-0.15, -0.1) is 0 Å². The molecule has 1 amide bonds. The van der Waals surface area contributed by atoms with Gasteiger partial charge in [0.25, 0.3) is 15.9 Å². The summed E-state index contributed by atoms with van der Waals surface area (Å²) >= 11 is 6.17. The number of sulfonamides is 1. The number of nitrogens with one attached hydrogen (secondary N) is 2. The number of hydrogen-bond donors (Lipinski definition) is 2. The Hall–Kier alpha value is -3.07. The number of carbonyl (C=O) groups excluding carboxylic acids is 1. The maximum atomic E-state index is 12.9. The van der Waals surface area contributed by atoms with Crippen molar-refractivity contribution >= 4 is 38.9 Å². The van der Waals surface area contributed by atoms with Gasteiger partial charge in [0.2, 0.25) is 0 Å². The van der Waals surface area contributed by atoms with Gasteiger partial charge in [-0.25, -0.2) is 8.42 Å². The van der Waals surface area contributed by atoms with Crippen molar-refractivity contribution in [3.63, 3.8) is 0 Å². The second-order valence-electron chi connectivity index (χ2n) is 7.68. The van der Waals surface area contributed by atoms with Gasteiger partial charge < -0.3 is 14.8 Å². The summed E-state index contributed by atoms with van der Waals surface area (Å²) in [4.78, 5) is 12.7. The molecule has 172 valence electrons. The van der Waals surface area contributed by atoms with Gasteiger partial charge in [-0.2, -0.15) is 0 Å². The molecule has 0 heterocycles. The molecule has 0 radical (unpaired) electrons. The molecule has 33 heavy (non-hydrogen) atoms. The van der Waals surface area contributed by atoms with E-state index in [1.165, 1.54) is 30.9 Å². The Labute approximate surface area is 197 Å². The number of benzene rings is 3. The zero-order chi connectivity index (χ0) is 23.6. The van der Waals surface area contributed by atoms with E-state index in [4.69, 9.17) is 21.1 Å². The fourth-order valence-electron chi connectivity index (χ4n) is 3.75. The average molecular weight is 487 g/mol. The summed E-state index contributed by atoms with van der Waals surface area (Å²) in [5.41, 5.74) is 3.47. The number of ether oxygens (including phenoxy) is 2. The van der Waals surface area contributed by atoms with Crippen LogP contribution in [0.2, 0.25) is 5.02 Å². The van der Waals surface area contributed by atoms with Gasteiger partial charge in [-0.05, 0) is 78.6 Å². The van der Waals surface area contributed by atoms with Crippen LogP contribution in [0.1, 0.15) is 21.5 Å². The lowest BCUT2D eigenvalue weighted by molar-refractivity contribution is 0.102. The first-order chi connectivity index (χ1) is 15.8. The van der Waals surface area contributed by atoms with Gasteiger partial charge in [0.15, 0.2) is 0 Å². The summed E-state index contributed by atoms with van der Waals surface area (Å²) in [5.74, 6) is 0.160. The van der Waals surface area contributed by atoms with E-state index < -0.39 is 15.9 Å². The Morgan fingerprint density at radius 1 is 0.939 bits per heavy atom. The van der Waals surface area contributed by atoms with Gasteiger partial charge >= 0.3 is 0 Å². The van der Waals surface area contributed by atoms with Crippen molar-refractivity contribution in [1.29, 1.82) is 0 Å². The van der Waals surface area contributed by atoms with Crippen LogP contribution >= 0.6 is 11.6 Å². The number of amides is 1. The van der Waals surface area contributed by atoms with Crippen LogP contribution in [-0.4, -0.2) is 34.6 Å². The molecule has 0 saturated heterocycles. The Kier molecular flexibility index (Phi) is 6.60. The minimum absolute atomic E-state index is 0.00991. The minimum Gasteiger partial charge on any atom is -0.497 e. The quantitative estimate of drug-likeness (QED) is 0.512. The molecule has 1 unspecified atom stereocenters. The largest absolute Gasteiger partial charge is 0.497 e. The first kappa shape index (κ1) is 23.1. The molecular weight excluding hydrogens is 464 g/mol. The molecule has 1 atom stereocenters. The Morgan fingerprint density at radius 3 is 2.33 bits per heavy atom. The normalized spacial score (nSPS) is 15.1. The van der Waals surface area contributed by atoms with E-state index in [-0.39, 0.29) is 21.6 Å². The van der Waals surface area contributed by atoms with Crippen LogP contribution in [-0.2, 0) is 27.6 Å². The van der Waals surface area contributed by atoms with Crippen molar-refractivity contribution in [2.45, 2.75) is 23.8 Å². The van der Waals surface area contributed by atoms with E-state index in [9.17, 15) is 13.2 Å². The first-order valence-electron chi connectivity index (χ1n) is 10.2. The summed E-state index contributed by atoms with van der Waals surface area (Å²) < 4.78 is 38.8. The molecule has 4 rings (SSSR count). The summed E-state index contributed by atoms with van der Waals surface area (Å²) in [6, 6.07) is 16.3. The number of halogens is 1. The van der Waals surface area contributed by atoms with E-state index >= 15 is 0 Å². The molecule has 7 nitrogen and oxygen atoms in total. The highest BCUT2D eigenvalue weighted by Gasteiger charge is 2.23.